The van der Waals surface area contributed by atoms with Crippen LogP contribution in [0.2, 0.25) is 0 Å². The number of fused-ring (bicyclic) bond motifs is 2. The van der Waals surface area contributed by atoms with Gasteiger partial charge in [0.1, 0.15) is 0 Å². The van der Waals surface area contributed by atoms with Gasteiger partial charge in [0.25, 0.3) is 0 Å². The van der Waals surface area contributed by atoms with E-state index in [9.17, 15) is 19.8 Å². The van der Waals surface area contributed by atoms with Crippen molar-refractivity contribution in [2.24, 2.45) is 10.2 Å². The summed E-state index contributed by atoms with van der Waals surface area (Å²) in [5, 5.41) is 27.9. The number of hydrogen-bond acceptors (Lipinski definition) is 4. The monoisotopic (exact) mass is 378 g/mol. The van der Waals surface area contributed by atoms with E-state index in [1.54, 1.807) is 0 Å². The van der Waals surface area contributed by atoms with Gasteiger partial charge < -0.3 is 10.2 Å². The highest BCUT2D eigenvalue weighted by atomic mass is 16.4. The molecule has 6 nitrogen and oxygen atoms in total. The summed E-state index contributed by atoms with van der Waals surface area (Å²) < 4.78 is 0. The maximum absolute atomic E-state index is 11.6. The second-order valence-corrected chi connectivity index (χ2v) is 7.46. The van der Waals surface area contributed by atoms with Gasteiger partial charge in [0, 0.05) is 0 Å². The van der Waals surface area contributed by atoms with Crippen molar-refractivity contribution in [2.45, 2.75) is 50.4 Å². The first-order valence-corrected chi connectivity index (χ1v) is 9.67. The minimum absolute atomic E-state index is 0.486. The van der Waals surface area contributed by atoms with Gasteiger partial charge in [0.05, 0.1) is 23.2 Å². The third-order valence-electron chi connectivity index (χ3n) is 5.83. The van der Waals surface area contributed by atoms with Gasteiger partial charge in [-0.05, 0) is 72.9 Å². The molecule has 0 aliphatic heterocycles. The molecule has 2 aliphatic rings. The third kappa shape index (κ3) is 3.30. The van der Waals surface area contributed by atoms with Crippen molar-refractivity contribution in [1.82, 2.24) is 0 Å². The zero-order chi connectivity index (χ0) is 19.7. The topological polar surface area (TPSA) is 99.3 Å². The molecule has 0 saturated carbocycles. The number of carboxylic acid groups (broad SMARTS) is 2. The van der Waals surface area contributed by atoms with Gasteiger partial charge in [-0.1, -0.05) is 24.3 Å². The molecule has 2 N–H and O–H groups in total. The van der Waals surface area contributed by atoms with Gasteiger partial charge >= 0.3 is 11.9 Å². The Morgan fingerprint density at radius 2 is 1.18 bits per heavy atom. The third-order valence-corrected chi connectivity index (χ3v) is 5.83. The van der Waals surface area contributed by atoms with E-state index in [1.165, 1.54) is 0 Å². The maximum atomic E-state index is 11.6. The number of hydrogen-bond donors (Lipinski definition) is 2. The summed E-state index contributed by atoms with van der Waals surface area (Å²) in [6, 6.07) is 11.1. The van der Waals surface area contributed by atoms with Crippen LogP contribution in [0.1, 0.15) is 59.8 Å². The van der Waals surface area contributed by atoms with Crippen molar-refractivity contribution < 1.29 is 19.8 Å². The van der Waals surface area contributed by atoms with E-state index in [0.717, 1.165) is 47.9 Å². The molecule has 144 valence electrons. The summed E-state index contributed by atoms with van der Waals surface area (Å²) in [5.74, 6) is -2.57. The smallest absolute Gasteiger partial charge is 0.310 e. The Balaban J connectivity index is 1.70. The second kappa shape index (κ2) is 7.54. The second-order valence-electron chi connectivity index (χ2n) is 7.46. The maximum Gasteiger partial charge on any atom is 0.310 e. The van der Waals surface area contributed by atoms with Crippen molar-refractivity contribution in [1.29, 1.82) is 0 Å². The first-order chi connectivity index (χ1) is 13.6. The molecule has 2 aromatic rings. The van der Waals surface area contributed by atoms with Gasteiger partial charge in [-0.2, -0.15) is 10.2 Å². The van der Waals surface area contributed by atoms with Crippen LogP contribution in [0, 0.1) is 0 Å². The molecular formula is C22H22N2O4. The number of nitrogens with zero attached hydrogens (tertiary/aromatic N) is 2. The minimum Gasteiger partial charge on any atom is -0.481 e. The van der Waals surface area contributed by atoms with Crippen LogP contribution in [0.25, 0.3) is 0 Å². The van der Waals surface area contributed by atoms with Crippen LogP contribution in [0.4, 0.5) is 11.4 Å². The van der Waals surface area contributed by atoms with E-state index in [1.807, 2.05) is 36.4 Å². The fourth-order valence-electron chi connectivity index (χ4n) is 4.47. The molecule has 4 rings (SSSR count). The quantitative estimate of drug-likeness (QED) is 0.722. The zero-order valence-corrected chi connectivity index (χ0v) is 15.5. The van der Waals surface area contributed by atoms with Gasteiger partial charge in [0.2, 0.25) is 0 Å². The molecule has 0 amide bonds. The van der Waals surface area contributed by atoms with Gasteiger partial charge in [0.15, 0.2) is 0 Å². The highest BCUT2D eigenvalue weighted by Crippen LogP contribution is 2.40. The van der Waals surface area contributed by atoms with Crippen molar-refractivity contribution in [3.05, 3.63) is 58.7 Å². The van der Waals surface area contributed by atoms with Crippen LogP contribution in [0.15, 0.2) is 46.6 Å². The number of rotatable bonds is 4. The largest absolute Gasteiger partial charge is 0.481 e. The van der Waals surface area contributed by atoms with E-state index in [2.05, 4.69) is 10.2 Å². The predicted molar refractivity (Wildman–Crippen MR) is 104 cm³/mol. The lowest BCUT2D eigenvalue weighted by atomic mass is 9.82. The van der Waals surface area contributed by atoms with Gasteiger partial charge in [-0.15, -0.1) is 0 Å². The molecule has 0 heterocycles. The van der Waals surface area contributed by atoms with Crippen LogP contribution in [0.5, 0.6) is 0 Å². The summed E-state index contributed by atoms with van der Waals surface area (Å²) in [5.41, 5.74) is 4.97. The number of aliphatic carboxylic acids is 2. The van der Waals surface area contributed by atoms with Gasteiger partial charge in [-0.25, -0.2) is 0 Å². The number of benzene rings is 2. The molecule has 6 heteroatoms. The molecule has 28 heavy (non-hydrogen) atoms. The SMILES string of the molecule is O=C(O)C1CCCc2c(N=Nc3cccc4c3CCCC4C(=O)O)cccc21. The molecule has 0 fully saturated rings. The number of carboxylic acids is 2. The van der Waals surface area contributed by atoms with E-state index < -0.39 is 23.8 Å². The zero-order valence-electron chi connectivity index (χ0n) is 15.5. The van der Waals surface area contributed by atoms with Crippen LogP contribution in [-0.4, -0.2) is 22.2 Å². The van der Waals surface area contributed by atoms with Crippen molar-refractivity contribution in [3.8, 4) is 0 Å². The van der Waals surface area contributed by atoms with E-state index in [-0.39, 0.29) is 0 Å². The standard InChI is InChI=1S/C22H22N2O4/c25-21(26)17-9-1-7-15-13(17)5-3-11-19(15)23-24-20-12-4-6-14-16(20)8-2-10-18(14)22(27)28/h3-6,11-12,17-18H,1-2,7-10H2,(H,25,26)(H,27,28). The average Bonchev–Trinajstić information content (AvgIpc) is 2.71. The highest BCUT2D eigenvalue weighted by Gasteiger charge is 2.29. The van der Waals surface area contributed by atoms with E-state index >= 15 is 0 Å². The van der Waals surface area contributed by atoms with E-state index in [0.29, 0.717) is 24.2 Å². The van der Waals surface area contributed by atoms with E-state index in [4.69, 9.17) is 0 Å². The summed E-state index contributed by atoms with van der Waals surface area (Å²) in [4.78, 5) is 23.1. The van der Waals surface area contributed by atoms with Gasteiger partial charge in [-0.3, -0.25) is 9.59 Å². The number of carbonyl (C=O) groups is 2. The Bertz CT molecular complexity index is 890. The molecule has 2 aliphatic carbocycles. The van der Waals surface area contributed by atoms with Crippen molar-refractivity contribution >= 4 is 23.3 Å². The van der Waals surface area contributed by atoms with Crippen LogP contribution < -0.4 is 0 Å². The molecule has 0 aromatic heterocycles. The molecular weight excluding hydrogens is 356 g/mol. The van der Waals surface area contributed by atoms with Crippen LogP contribution in [-0.2, 0) is 22.4 Å². The normalized spacial score (nSPS) is 21.1. The molecule has 0 bridgehead atoms. The predicted octanol–water partition coefficient (Wildman–Crippen LogP) is 5.11. The molecule has 0 spiro atoms. The molecule has 0 saturated heterocycles. The Kier molecular flexibility index (Phi) is 4.94. The van der Waals surface area contributed by atoms with Crippen molar-refractivity contribution in [3.63, 3.8) is 0 Å². The first-order valence-electron chi connectivity index (χ1n) is 9.67. The summed E-state index contributed by atoms with van der Waals surface area (Å²) in [6.45, 7) is 0. The average molecular weight is 378 g/mol. The highest BCUT2D eigenvalue weighted by molar-refractivity contribution is 5.79. The first kappa shape index (κ1) is 18.3. The Morgan fingerprint density at radius 1 is 0.750 bits per heavy atom. The molecule has 2 unspecified atom stereocenters. The fraction of sp³-hybridized carbons (Fsp3) is 0.364. The number of azo groups is 1. The lowest BCUT2D eigenvalue weighted by molar-refractivity contribution is -0.140. The Hall–Kier alpha value is -3.02. The lowest BCUT2D eigenvalue weighted by Gasteiger charge is -2.24. The molecule has 2 atom stereocenters. The van der Waals surface area contributed by atoms with Crippen LogP contribution in [0.3, 0.4) is 0 Å². The minimum atomic E-state index is -0.799. The Labute approximate surface area is 162 Å². The molecule has 2 aromatic carbocycles. The summed E-state index contributed by atoms with van der Waals surface area (Å²) >= 11 is 0. The fourth-order valence-corrected chi connectivity index (χ4v) is 4.47. The lowest BCUT2D eigenvalue weighted by Crippen LogP contribution is -2.18. The summed E-state index contributed by atoms with van der Waals surface area (Å²) in [7, 11) is 0. The Morgan fingerprint density at radius 3 is 1.57 bits per heavy atom. The molecule has 0 radical (unpaired) electrons. The summed E-state index contributed by atoms with van der Waals surface area (Å²) in [6.07, 6.45) is 4.51. The van der Waals surface area contributed by atoms with Crippen molar-refractivity contribution in [2.75, 3.05) is 0 Å². The van der Waals surface area contributed by atoms with Crippen LogP contribution >= 0.6 is 0 Å².